The van der Waals surface area contributed by atoms with Crippen molar-refractivity contribution in [1.82, 2.24) is 14.7 Å². The van der Waals surface area contributed by atoms with Crippen molar-refractivity contribution >= 4 is 22.9 Å². The Morgan fingerprint density at radius 2 is 2.30 bits per heavy atom. The van der Waals surface area contributed by atoms with Crippen LogP contribution in [0.5, 0.6) is 0 Å². The van der Waals surface area contributed by atoms with E-state index in [1.54, 1.807) is 23.1 Å². The number of thiophene rings is 1. The van der Waals surface area contributed by atoms with Gasteiger partial charge >= 0.3 is 0 Å². The molecule has 0 spiro atoms. The normalized spacial score (nSPS) is 18.1. The van der Waals surface area contributed by atoms with Crippen LogP contribution >= 0.6 is 11.3 Å². The first-order valence-corrected chi connectivity index (χ1v) is 7.55. The summed E-state index contributed by atoms with van der Waals surface area (Å²) in [6, 6.07) is 2.20. The van der Waals surface area contributed by atoms with Gasteiger partial charge in [0.05, 0.1) is 17.4 Å². The molecule has 1 amide bonds. The van der Waals surface area contributed by atoms with Gasteiger partial charge in [-0.2, -0.15) is 5.10 Å². The van der Waals surface area contributed by atoms with Gasteiger partial charge in [-0.1, -0.05) is 0 Å². The van der Waals surface area contributed by atoms with Gasteiger partial charge in [-0.25, -0.2) is 0 Å². The van der Waals surface area contributed by atoms with Gasteiger partial charge in [0.15, 0.2) is 0 Å². The molecule has 0 aliphatic carbocycles. The number of nitrogens with two attached hydrogens (primary N) is 1. The lowest BCUT2D eigenvalue weighted by molar-refractivity contribution is 0.0669. The summed E-state index contributed by atoms with van der Waals surface area (Å²) in [7, 11) is 1.77. The molecule has 1 unspecified atom stereocenters. The highest BCUT2D eigenvalue weighted by molar-refractivity contribution is 7.10. The minimum absolute atomic E-state index is 0.0325. The molecule has 106 valence electrons. The summed E-state index contributed by atoms with van der Waals surface area (Å²) < 4.78 is 1.59. The van der Waals surface area contributed by atoms with E-state index in [1.165, 1.54) is 10.4 Å². The molecular formula is C14H18N4OS. The summed E-state index contributed by atoms with van der Waals surface area (Å²) in [4.78, 5) is 16.1. The predicted octanol–water partition coefficient (Wildman–Crippen LogP) is 2.13. The molecule has 3 heterocycles. The van der Waals surface area contributed by atoms with Gasteiger partial charge < -0.3 is 10.6 Å². The Bertz CT molecular complexity index is 673. The van der Waals surface area contributed by atoms with Gasteiger partial charge in [0.1, 0.15) is 5.69 Å². The second kappa shape index (κ2) is 4.63. The highest BCUT2D eigenvalue weighted by Crippen LogP contribution is 2.34. The first-order valence-electron chi connectivity index (χ1n) is 6.67. The number of hydrogen-bond donors (Lipinski definition) is 1. The Balaban J connectivity index is 1.96. The van der Waals surface area contributed by atoms with Gasteiger partial charge in [-0.3, -0.25) is 9.48 Å². The van der Waals surface area contributed by atoms with Crippen molar-refractivity contribution in [1.29, 1.82) is 0 Å². The van der Waals surface area contributed by atoms with Crippen LogP contribution in [0.2, 0.25) is 0 Å². The summed E-state index contributed by atoms with van der Waals surface area (Å²) in [5, 5.41) is 6.33. The number of aryl methyl sites for hydroxylation is 2. The first kappa shape index (κ1) is 13.2. The monoisotopic (exact) mass is 290 g/mol. The van der Waals surface area contributed by atoms with Crippen LogP contribution in [0, 0.1) is 6.92 Å². The Labute approximate surface area is 122 Å². The summed E-state index contributed by atoms with van der Waals surface area (Å²) in [5.41, 5.74) is 8.94. The van der Waals surface area contributed by atoms with Crippen molar-refractivity contribution in [3.63, 3.8) is 0 Å². The van der Waals surface area contributed by atoms with E-state index in [2.05, 4.69) is 23.5 Å². The van der Waals surface area contributed by atoms with Crippen LogP contribution in [0.1, 0.15) is 39.6 Å². The zero-order chi connectivity index (χ0) is 14.4. The zero-order valence-corrected chi connectivity index (χ0v) is 12.7. The third-order valence-corrected chi connectivity index (χ3v) is 5.01. The summed E-state index contributed by atoms with van der Waals surface area (Å²) in [5.74, 6) is -0.0325. The standard InChI is InChI=1S/C14H18N4OS/c1-8-12(15)13(17(3)16-8)14(19)18-6-4-11-10(9(18)2)5-7-20-11/h5,7,9H,4,6,15H2,1-3H3. The van der Waals surface area contributed by atoms with E-state index in [-0.39, 0.29) is 11.9 Å². The van der Waals surface area contributed by atoms with Crippen molar-refractivity contribution in [3.8, 4) is 0 Å². The number of amides is 1. The fourth-order valence-corrected chi connectivity index (χ4v) is 3.81. The lowest BCUT2D eigenvalue weighted by Crippen LogP contribution is -2.39. The predicted molar refractivity (Wildman–Crippen MR) is 79.8 cm³/mol. The maximum atomic E-state index is 12.8. The molecule has 0 fully saturated rings. The fraction of sp³-hybridized carbons (Fsp3) is 0.429. The number of rotatable bonds is 1. The van der Waals surface area contributed by atoms with Crippen LogP contribution in [0.4, 0.5) is 5.69 Å². The molecular weight excluding hydrogens is 272 g/mol. The van der Waals surface area contributed by atoms with Gasteiger partial charge in [0, 0.05) is 18.5 Å². The summed E-state index contributed by atoms with van der Waals surface area (Å²) in [6.45, 7) is 4.63. The zero-order valence-electron chi connectivity index (χ0n) is 11.9. The molecule has 2 aromatic heterocycles. The molecule has 0 saturated carbocycles. The molecule has 1 atom stereocenters. The van der Waals surface area contributed by atoms with Crippen molar-refractivity contribution in [3.05, 3.63) is 33.3 Å². The SMILES string of the molecule is Cc1nn(C)c(C(=O)N2CCc3sccc3C2C)c1N. The average Bonchev–Trinajstić information content (AvgIpc) is 2.96. The average molecular weight is 290 g/mol. The van der Waals surface area contributed by atoms with Gasteiger partial charge in [-0.15, -0.1) is 11.3 Å². The summed E-state index contributed by atoms with van der Waals surface area (Å²) in [6.07, 6.45) is 0.916. The molecule has 2 aromatic rings. The van der Waals surface area contributed by atoms with E-state index in [1.807, 2.05) is 11.8 Å². The first-order chi connectivity index (χ1) is 9.50. The molecule has 3 rings (SSSR count). The van der Waals surface area contributed by atoms with E-state index < -0.39 is 0 Å². The number of hydrogen-bond acceptors (Lipinski definition) is 4. The van der Waals surface area contributed by atoms with E-state index in [0.29, 0.717) is 17.1 Å². The number of aromatic nitrogens is 2. The van der Waals surface area contributed by atoms with Crippen LogP contribution < -0.4 is 5.73 Å². The lowest BCUT2D eigenvalue weighted by Gasteiger charge is -2.33. The van der Waals surface area contributed by atoms with Crippen molar-refractivity contribution < 1.29 is 4.79 Å². The van der Waals surface area contributed by atoms with E-state index in [0.717, 1.165) is 13.0 Å². The smallest absolute Gasteiger partial charge is 0.274 e. The topological polar surface area (TPSA) is 64.2 Å². The maximum Gasteiger partial charge on any atom is 0.274 e. The number of nitrogen functional groups attached to an aromatic ring is 1. The van der Waals surface area contributed by atoms with Crippen LogP contribution in [-0.2, 0) is 13.5 Å². The number of anilines is 1. The van der Waals surface area contributed by atoms with Crippen LogP contribution in [0.15, 0.2) is 11.4 Å². The van der Waals surface area contributed by atoms with Gasteiger partial charge in [0.25, 0.3) is 5.91 Å². The van der Waals surface area contributed by atoms with Crippen LogP contribution in [0.25, 0.3) is 0 Å². The minimum Gasteiger partial charge on any atom is -0.395 e. The molecule has 0 bridgehead atoms. The number of carbonyl (C=O) groups excluding carboxylic acids is 1. The molecule has 6 heteroatoms. The van der Waals surface area contributed by atoms with Crippen molar-refractivity contribution in [2.24, 2.45) is 7.05 Å². The molecule has 2 N–H and O–H groups in total. The second-order valence-corrected chi connectivity index (χ2v) is 6.20. The summed E-state index contributed by atoms with van der Waals surface area (Å²) >= 11 is 1.77. The Morgan fingerprint density at radius 1 is 1.55 bits per heavy atom. The third-order valence-electron chi connectivity index (χ3n) is 4.01. The quantitative estimate of drug-likeness (QED) is 0.875. The van der Waals surface area contributed by atoms with Crippen LogP contribution in [-0.4, -0.2) is 27.1 Å². The molecule has 1 aliphatic heterocycles. The molecule has 0 radical (unpaired) electrons. The molecule has 0 aromatic carbocycles. The van der Waals surface area contributed by atoms with Crippen molar-refractivity contribution in [2.75, 3.05) is 12.3 Å². The van der Waals surface area contributed by atoms with E-state index in [9.17, 15) is 4.79 Å². The highest BCUT2D eigenvalue weighted by Gasteiger charge is 2.31. The molecule has 5 nitrogen and oxygen atoms in total. The van der Waals surface area contributed by atoms with E-state index >= 15 is 0 Å². The number of fused-ring (bicyclic) bond motifs is 1. The van der Waals surface area contributed by atoms with Gasteiger partial charge in [-0.05, 0) is 37.3 Å². The minimum atomic E-state index is -0.0325. The molecule has 20 heavy (non-hydrogen) atoms. The third kappa shape index (κ3) is 1.83. The molecule has 0 saturated heterocycles. The number of carbonyl (C=O) groups is 1. The van der Waals surface area contributed by atoms with E-state index in [4.69, 9.17) is 5.73 Å². The Morgan fingerprint density at radius 3 is 2.95 bits per heavy atom. The highest BCUT2D eigenvalue weighted by atomic mass is 32.1. The lowest BCUT2D eigenvalue weighted by atomic mass is 10.0. The largest absolute Gasteiger partial charge is 0.395 e. The maximum absolute atomic E-state index is 12.8. The molecule has 1 aliphatic rings. The fourth-order valence-electron chi connectivity index (χ4n) is 2.85. The van der Waals surface area contributed by atoms with Crippen LogP contribution in [0.3, 0.4) is 0 Å². The second-order valence-electron chi connectivity index (χ2n) is 5.19. The van der Waals surface area contributed by atoms with Gasteiger partial charge in [0.2, 0.25) is 0 Å². The Kier molecular flexibility index (Phi) is 3.05. The number of nitrogens with zero attached hydrogens (tertiary/aromatic N) is 3. The van der Waals surface area contributed by atoms with Crippen molar-refractivity contribution in [2.45, 2.75) is 26.3 Å². The Hall–Kier alpha value is -1.82.